The van der Waals surface area contributed by atoms with Gasteiger partial charge in [0.05, 0.1) is 6.10 Å². The van der Waals surface area contributed by atoms with Crippen LogP contribution in [0.2, 0.25) is 19.6 Å². The fourth-order valence-corrected chi connectivity index (χ4v) is 2.28. The highest BCUT2D eigenvalue weighted by atomic mass is 79.9. The third kappa shape index (κ3) is 5.44. The first-order valence-electron chi connectivity index (χ1n) is 3.65. The van der Waals surface area contributed by atoms with Crippen LogP contribution in [0.4, 0.5) is 0 Å². The zero-order chi connectivity index (χ0) is 8.36. The van der Waals surface area contributed by atoms with E-state index in [1.807, 2.05) is 0 Å². The Morgan fingerprint density at radius 3 is 1.70 bits per heavy atom. The van der Waals surface area contributed by atoms with Gasteiger partial charge in [-0.1, -0.05) is 22.9 Å². The molecule has 0 aromatic rings. The zero-order valence-electron chi connectivity index (χ0n) is 7.44. The minimum Gasteiger partial charge on any atom is -0.414 e. The van der Waals surface area contributed by atoms with Crippen LogP contribution in [0, 0.1) is 0 Å². The molecule has 1 nitrogen and oxygen atoms in total. The molecule has 0 N–H and O–H groups in total. The van der Waals surface area contributed by atoms with Gasteiger partial charge in [-0.3, -0.25) is 0 Å². The van der Waals surface area contributed by atoms with Gasteiger partial charge in [0.25, 0.3) is 0 Å². The third-order valence-electron chi connectivity index (χ3n) is 1.19. The van der Waals surface area contributed by atoms with Crippen LogP contribution in [0.3, 0.4) is 0 Å². The van der Waals surface area contributed by atoms with Crippen LogP contribution in [0.5, 0.6) is 0 Å². The molecule has 0 fully saturated rings. The molecule has 0 aliphatic heterocycles. The molecule has 0 unspecified atom stereocenters. The molecule has 3 heteroatoms. The second-order valence-corrected chi connectivity index (χ2v) is 9.52. The average molecular weight is 225 g/mol. The summed E-state index contributed by atoms with van der Waals surface area (Å²) >= 11 is 3.49. The fraction of sp³-hybridized carbons (Fsp3) is 1.00. The van der Waals surface area contributed by atoms with E-state index in [4.69, 9.17) is 4.43 Å². The van der Waals surface area contributed by atoms with Crippen molar-refractivity contribution in [2.75, 3.05) is 0 Å². The first kappa shape index (κ1) is 10.7. The summed E-state index contributed by atoms with van der Waals surface area (Å²) in [6.07, 6.45) is 0.340. The minimum absolute atomic E-state index is 0.340. The molecule has 0 amide bonds. The number of halogens is 1. The fourth-order valence-electron chi connectivity index (χ4n) is 0.651. The molecule has 0 radical (unpaired) electrons. The summed E-state index contributed by atoms with van der Waals surface area (Å²) in [4.78, 5) is 0.458. The second-order valence-electron chi connectivity index (χ2n) is 3.61. The Kier molecular flexibility index (Phi) is 4.14. The molecular formula is C7H17BrOSi. The predicted octanol–water partition coefficient (Wildman–Crippen LogP) is 3.01. The van der Waals surface area contributed by atoms with Gasteiger partial charge < -0.3 is 4.43 Å². The summed E-state index contributed by atoms with van der Waals surface area (Å²) in [6.45, 7) is 10.8. The van der Waals surface area contributed by atoms with Crippen molar-refractivity contribution in [3.05, 3.63) is 0 Å². The van der Waals surface area contributed by atoms with Gasteiger partial charge in [0.1, 0.15) is 0 Å². The summed E-state index contributed by atoms with van der Waals surface area (Å²) in [6, 6.07) is 0. The molecule has 0 aliphatic carbocycles. The van der Waals surface area contributed by atoms with E-state index in [1.165, 1.54) is 0 Å². The summed E-state index contributed by atoms with van der Waals surface area (Å²) < 4.78 is 5.79. The molecule has 0 rings (SSSR count). The smallest absolute Gasteiger partial charge is 0.184 e. The highest BCUT2D eigenvalue weighted by molar-refractivity contribution is 9.09. The van der Waals surface area contributed by atoms with E-state index in [0.717, 1.165) is 0 Å². The lowest BCUT2D eigenvalue weighted by molar-refractivity contribution is 0.217. The third-order valence-corrected chi connectivity index (χ3v) is 3.01. The van der Waals surface area contributed by atoms with Crippen molar-refractivity contribution in [2.45, 2.75) is 44.4 Å². The molecule has 0 spiro atoms. The van der Waals surface area contributed by atoms with Crippen molar-refractivity contribution in [2.24, 2.45) is 0 Å². The van der Waals surface area contributed by atoms with Crippen molar-refractivity contribution < 1.29 is 4.43 Å². The Hall–Kier alpha value is 0.657. The van der Waals surface area contributed by atoms with Gasteiger partial charge in [0.2, 0.25) is 0 Å². The van der Waals surface area contributed by atoms with Crippen LogP contribution in [-0.2, 0) is 4.43 Å². The number of rotatable bonds is 3. The van der Waals surface area contributed by atoms with Crippen LogP contribution in [0.15, 0.2) is 0 Å². The van der Waals surface area contributed by atoms with Gasteiger partial charge in [0, 0.05) is 4.83 Å². The zero-order valence-corrected chi connectivity index (χ0v) is 10.0. The molecule has 0 bridgehead atoms. The van der Waals surface area contributed by atoms with Crippen LogP contribution < -0.4 is 0 Å². The van der Waals surface area contributed by atoms with E-state index in [0.29, 0.717) is 10.9 Å². The predicted molar refractivity (Wildman–Crippen MR) is 52.3 cm³/mol. The number of hydrogen-bond acceptors (Lipinski definition) is 1. The molecule has 62 valence electrons. The topological polar surface area (TPSA) is 9.23 Å². The molecule has 0 aromatic carbocycles. The van der Waals surface area contributed by atoms with E-state index in [2.05, 4.69) is 49.4 Å². The summed E-state index contributed by atoms with van der Waals surface area (Å²) in [5.41, 5.74) is 0. The minimum atomic E-state index is -1.31. The normalized spacial score (nSPS) is 18.6. The van der Waals surface area contributed by atoms with Gasteiger partial charge in [-0.05, 0) is 26.6 Å². The molecule has 0 aliphatic rings. The maximum atomic E-state index is 5.79. The average Bonchev–Trinajstić information content (AvgIpc) is 1.60. The maximum Gasteiger partial charge on any atom is 0.184 e. The molecule has 0 saturated heterocycles. The van der Waals surface area contributed by atoms with E-state index in [1.54, 1.807) is 0 Å². The highest BCUT2D eigenvalue weighted by Gasteiger charge is 2.20. The van der Waals surface area contributed by atoms with Crippen molar-refractivity contribution in [3.63, 3.8) is 0 Å². The first-order valence-corrected chi connectivity index (χ1v) is 7.97. The second kappa shape index (κ2) is 3.88. The van der Waals surface area contributed by atoms with Gasteiger partial charge in [-0.15, -0.1) is 0 Å². The standard InChI is InChI=1S/C7H17BrOSi/c1-6(8)7(2)9-10(3,4)5/h6-7H,1-5H3/t6-,7-/m0/s1. The lowest BCUT2D eigenvalue weighted by Crippen LogP contribution is -2.33. The van der Waals surface area contributed by atoms with Gasteiger partial charge in [-0.25, -0.2) is 0 Å². The van der Waals surface area contributed by atoms with Crippen molar-refractivity contribution in [3.8, 4) is 0 Å². The lowest BCUT2D eigenvalue weighted by Gasteiger charge is -2.25. The van der Waals surface area contributed by atoms with Crippen LogP contribution in [0.25, 0.3) is 0 Å². The Bertz CT molecular complexity index is 98.3. The Morgan fingerprint density at radius 2 is 1.60 bits per heavy atom. The Balaban J connectivity index is 3.68. The summed E-state index contributed by atoms with van der Waals surface area (Å²) in [5, 5.41) is 0. The number of alkyl halides is 1. The Labute approximate surface area is 73.4 Å². The SMILES string of the molecule is C[C@H](Br)[C@H](C)O[Si](C)(C)C. The van der Waals surface area contributed by atoms with Crippen LogP contribution >= 0.6 is 15.9 Å². The van der Waals surface area contributed by atoms with E-state index >= 15 is 0 Å². The summed E-state index contributed by atoms with van der Waals surface area (Å²) in [5.74, 6) is 0. The van der Waals surface area contributed by atoms with Crippen molar-refractivity contribution in [1.82, 2.24) is 0 Å². The largest absolute Gasteiger partial charge is 0.414 e. The molecule has 0 aromatic heterocycles. The van der Waals surface area contributed by atoms with E-state index < -0.39 is 8.32 Å². The van der Waals surface area contributed by atoms with Gasteiger partial charge in [0.15, 0.2) is 8.32 Å². The molecular weight excluding hydrogens is 208 g/mol. The number of hydrogen-bond donors (Lipinski definition) is 0. The first-order chi connectivity index (χ1) is 4.33. The van der Waals surface area contributed by atoms with Gasteiger partial charge in [-0.2, -0.15) is 0 Å². The monoisotopic (exact) mass is 224 g/mol. The lowest BCUT2D eigenvalue weighted by atomic mass is 10.3. The van der Waals surface area contributed by atoms with Crippen molar-refractivity contribution >= 4 is 24.2 Å². The molecule has 10 heavy (non-hydrogen) atoms. The molecule has 2 atom stereocenters. The maximum absolute atomic E-state index is 5.79. The van der Waals surface area contributed by atoms with Crippen molar-refractivity contribution in [1.29, 1.82) is 0 Å². The van der Waals surface area contributed by atoms with E-state index in [9.17, 15) is 0 Å². The van der Waals surface area contributed by atoms with Crippen LogP contribution in [0.1, 0.15) is 13.8 Å². The van der Waals surface area contributed by atoms with Crippen LogP contribution in [-0.4, -0.2) is 19.2 Å². The van der Waals surface area contributed by atoms with Gasteiger partial charge >= 0.3 is 0 Å². The van der Waals surface area contributed by atoms with E-state index in [-0.39, 0.29) is 0 Å². The quantitative estimate of drug-likeness (QED) is 0.530. The molecule has 0 heterocycles. The Morgan fingerprint density at radius 1 is 1.20 bits per heavy atom. The molecule has 0 saturated carbocycles. The highest BCUT2D eigenvalue weighted by Crippen LogP contribution is 2.14. The summed E-state index contributed by atoms with van der Waals surface area (Å²) in [7, 11) is -1.31.